The van der Waals surface area contributed by atoms with Crippen molar-refractivity contribution in [1.82, 2.24) is 0 Å². The Hall–Kier alpha value is -0.0400. The minimum atomic E-state index is 0.672. The van der Waals surface area contributed by atoms with E-state index in [9.17, 15) is 0 Å². The molecule has 64 valence electrons. The number of ether oxygens (including phenoxy) is 1. The van der Waals surface area contributed by atoms with Crippen LogP contribution in [-0.2, 0) is 4.74 Å². The van der Waals surface area contributed by atoms with Crippen molar-refractivity contribution in [2.24, 2.45) is 11.8 Å². The maximum absolute atomic E-state index is 5.59. The molecule has 1 saturated heterocycles. The third kappa shape index (κ3) is 1.58. The van der Waals surface area contributed by atoms with Crippen LogP contribution in [0.2, 0.25) is 0 Å². The Morgan fingerprint density at radius 1 is 1.36 bits per heavy atom. The van der Waals surface area contributed by atoms with Gasteiger partial charge in [0, 0.05) is 0 Å². The van der Waals surface area contributed by atoms with Gasteiger partial charge < -0.3 is 4.74 Å². The summed E-state index contributed by atoms with van der Waals surface area (Å²) in [6, 6.07) is 0. The number of fused-ring (bicyclic) bond motifs is 1. The van der Waals surface area contributed by atoms with Crippen molar-refractivity contribution < 1.29 is 4.74 Å². The Kier molecular flexibility index (Phi) is 1.92. The standard InChI is InChI=1S/C10H18O/c1-7(2)6-8-4-3-5-9-10(8)11-9/h7-10H,3-6H2,1-2H3/t8?,9-,10+/m1/s1. The molecule has 0 amide bonds. The van der Waals surface area contributed by atoms with Gasteiger partial charge in [-0.1, -0.05) is 20.3 Å². The predicted octanol–water partition coefficient (Wildman–Crippen LogP) is 2.60. The Bertz CT molecular complexity index is 142. The second-order valence-electron chi connectivity index (χ2n) is 4.46. The summed E-state index contributed by atoms with van der Waals surface area (Å²) in [6.45, 7) is 4.62. The molecule has 2 fully saturated rings. The average Bonchev–Trinajstić information content (AvgIpc) is 2.65. The minimum Gasteiger partial charge on any atom is -0.369 e. The van der Waals surface area contributed by atoms with Gasteiger partial charge in [-0.15, -0.1) is 0 Å². The van der Waals surface area contributed by atoms with Crippen molar-refractivity contribution >= 4 is 0 Å². The van der Waals surface area contributed by atoms with Crippen LogP contribution in [0.1, 0.15) is 39.5 Å². The highest BCUT2D eigenvalue weighted by Gasteiger charge is 2.46. The fourth-order valence-electron chi connectivity index (χ4n) is 2.41. The topological polar surface area (TPSA) is 12.5 Å². The van der Waals surface area contributed by atoms with Crippen molar-refractivity contribution in [3.8, 4) is 0 Å². The van der Waals surface area contributed by atoms with Gasteiger partial charge in [0.15, 0.2) is 0 Å². The third-order valence-corrected chi connectivity index (χ3v) is 2.92. The summed E-state index contributed by atoms with van der Waals surface area (Å²) in [4.78, 5) is 0. The molecule has 1 unspecified atom stereocenters. The smallest absolute Gasteiger partial charge is 0.0870 e. The molecule has 1 heterocycles. The van der Waals surface area contributed by atoms with Crippen LogP contribution in [0, 0.1) is 11.8 Å². The van der Waals surface area contributed by atoms with Crippen molar-refractivity contribution in [3.63, 3.8) is 0 Å². The van der Waals surface area contributed by atoms with E-state index in [0.29, 0.717) is 12.2 Å². The second kappa shape index (κ2) is 2.78. The van der Waals surface area contributed by atoms with Crippen LogP contribution in [0.4, 0.5) is 0 Å². The molecule has 0 aromatic heterocycles. The molecule has 1 aliphatic heterocycles. The highest BCUT2D eigenvalue weighted by molar-refractivity contribution is 4.94. The number of hydrogen-bond donors (Lipinski definition) is 0. The molecule has 1 aliphatic carbocycles. The predicted molar refractivity (Wildman–Crippen MR) is 45.5 cm³/mol. The molecule has 0 bridgehead atoms. The van der Waals surface area contributed by atoms with Gasteiger partial charge in [0.25, 0.3) is 0 Å². The first-order valence-electron chi connectivity index (χ1n) is 4.93. The summed E-state index contributed by atoms with van der Waals surface area (Å²) in [7, 11) is 0. The zero-order chi connectivity index (χ0) is 7.84. The van der Waals surface area contributed by atoms with Crippen molar-refractivity contribution in [2.75, 3.05) is 0 Å². The van der Waals surface area contributed by atoms with E-state index in [2.05, 4.69) is 13.8 Å². The van der Waals surface area contributed by atoms with Crippen molar-refractivity contribution in [1.29, 1.82) is 0 Å². The van der Waals surface area contributed by atoms with Gasteiger partial charge in [0.2, 0.25) is 0 Å². The Labute approximate surface area is 69.1 Å². The summed E-state index contributed by atoms with van der Waals surface area (Å²) in [5.41, 5.74) is 0. The summed E-state index contributed by atoms with van der Waals surface area (Å²) in [5.74, 6) is 1.75. The van der Waals surface area contributed by atoms with Gasteiger partial charge in [-0.2, -0.15) is 0 Å². The summed E-state index contributed by atoms with van der Waals surface area (Å²) < 4.78 is 5.59. The lowest BCUT2D eigenvalue weighted by Gasteiger charge is -2.19. The van der Waals surface area contributed by atoms with E-state index in [1.807, 2.05) is 0 Å². The SMILES string of the molecule is CC(C)CC1CCC[C@H]2O[C@@H]12. The molecule has 1 saturated carbocycles. The summed E-state index contributed by atoms with van der Waals surface area (Å²) >= 11 is 0. The quantitative estimate of drug-likeness (QED) is 0.557. The van der Waals surface area contributed by atoms with E-state index in [0.717, 1.165) is 11.8 Å². The lowest BCUT2D eigenvalue weighted by atomic mass is 9.84. The molecule has 0 aromatic carbocycles. The molecule has 0 aromatic rings. The van der Waals surface area contributed by atoms with Crippen LogP contribution in [0.15, 0.2) is 0 Å². The highest BCUT2D eigenvalue weighted by Crippen LogP contribution is 2.43. The van der Waals surface area contributed by atoms with Gasteiger partial charge in [0.1, 0.15) is 0 Å². The monoisotopic (exact) mass is 154 g/mol. The van der Waals surface area contributed by atoms with Crippen LogP contribution in [0.5, 0.6) is 0 Å². The maximum atomic E-state index is 5.59. The molecule has 1 heteroatoms. The molecular formula is C10H18O. The first-order chi connectivity index (χ1) is 5.27. The normalized spacial score (nSPS) is 42.3. The van der Waals surface area contributed by atoms with Crippen molar-refractivity contribution in [2.45, 2.75) is 51.7 Å². The molecule has 11 heavy (non-hydrogen) atoms. The van der Waals surface area contributed by atoms with E-state index >= 15 is 0 Å². The van der Waals surface area contributed by atoms with Crippen LogP contribution in [-0.4, -0.2) is 12.2 Å². The van der Waals surface area contributed by atoms with Crippen LogP contribution < -0.4 is 0 Å². The maximum Gasteiger partial charge on any atom is 0.0870 e. The molecule has 2 rings (SSSR count). The van der Waals surface area contributed by atoms with Gasteiger partial charge in [-0.05, 0) is 31.1 Å². The molecular weight excluding hydrogens is 136 g/mol. The van der Waals surface area contributed by atoms with E-state index in [-0.39, 0.29) is 0 Å². The molecule has 0 N–H and O–H groups in total. The van der Waals surface area contributed by atoms with Crippen molar-refractivity contribution in [3.05, 3.63) is 0 Å². The fourth-order valence-corrected chi connectivity index (χ4v) is 2.41. The molecule has 0 radical (unpaired) electrons. The highest BCUT2D eigenvalue weighted by atomic mass is 16.6. The fraction of sp³-hybridized carbons (Fsp3) is 1.00. The van der Waals surface area contributed by atoms with Gasteiger partial charge >= 0.3 is 0 Å². The minimum absolute atomic E-state index is 0.672. The second-order valence-corrected chi connectivity index (χ2v) is 4.46. The molecule has 3 atom stereocenters. The lowest BCUT2D eigenvalue weighted by molar-refractivity contribution is 0.285. The first kappa shape index (κ1) is 7.60. The number of rotatable bonds is 2. The zero-order valence-electron chi connectivity index (χ0n) is 7.55. The third-order valence-electron chi connectivity index (χ3n) is 2.92. The van der Waals surface area contributed by atoms with E-state index in [1.54, 1.807) is 0 Å². The Morgan fingerprint density at radius 3 is 2.91 bits per heavy atom. The molecule has 2 aliphatic rings. The van der Waals surface area contributed by atoms with E-state index in [1.165, 1.54) is 25.7 Å². The van der Waals surface area contributed by atoms with Crippen LogP contribution in [0.25, 0.3) is 0 Å². The Balaban J connectivity index is 1.83. The summed E-state index contributed by atoms with van der Waals surface area (Å²) in [6.07, 6.45) is 6.87. The lowest BCUT2D eigenvalue weighted by Crippen LogP contribution is -2.17. The zero-order valence-corrected chi connectivity index (χ0v) is 7.55. The van der Waals surface area contributed by atoms with Crippen LogP contribution >= 0.6 is 0 Å². The van der Waals surface area contributed by atoms with E-state index in [4.69, 9.17) is 4.74 Å². The van der Waals surface area contributed by atoms with Gasteiger partial charge in [-0.3, -0.25) is 0 Å². The molecule has 1 nitrogen and oxygen atoms in total. The average molecular weight is 154 g/mol. The summed E-state index contributed by atoms with van der Waals surface area (Å²) in [5, 5.41) is 0. The van der Waals surface area contributed by atoms with E-state index < -0.39 is 0 Å². The number of hydrogen-bond acceptors (Lipinski definition) is 1. The van der Waals surface area contributed by atoms with Gasteiger partial charge in [0.05, 0.1) is 12.2 Å². The Morgan fingerprint density at radius 2 is 2.18 bits per heavy atom. The van der Waals surface area contributed by atoms with Crippen LogP contribution in [0.3, 0.4) is 0 Å². The van der Waals surface area contributed by atoms with Gasteiger partial charge in [-0.25, -0.2) is 0 Å². The largest absolute Gasteiger partial charge is 0.369 e. The number of epoxide rings is 1. The first-order valence-corrected chi connectivity index (χ1v) is 4.93. The molecule has 0 spiro atoms.